The fraction of sp³-hybridized carbons (Fsp3) is 0.545. The normalized spacial score (nSPS) is 34.1. The van der Waals surface area contributed by atoms with Gasteiger partial charge < -0.3 is 14.2 Å². The Morgan fingerprint density at radius 2 is 1.97 bits per heavy atom. The first-order chi connectivity index (χ1) is 13.5. The smallest absolute Gasteiger partial charge is 0.334 e. The van der Waals surface area contributed by atoms with Gasteiger partial charge in [0.05, 0.1) is 5.92 Å². The summed E-state index contributed by atoms with van der Waals surface area (Å²) in [6.07, 6.45) is 3.50. The second-order valence-electron chi connectivity index (χ2n) is 7.88. The molecule has 5 atom stereocenters. The van der Waals surface area contributed by atoms with Gasteiger partial charge in [-0.2, -0.15) is 0 Å². The molecular formula is C22H28O7. The van der Waals surface area contributed by atoms with Crippen LogP contribution < -0.4 is 0 Å². The minimum Gasteiger partial charge on any atom is -0.458 e. The molecule has 158 valence electrons. The fourth-order valence-corrected chi connectivity index (χ4v) is 3.66. The van der Waals surface area contributed by atoms with Gasteiger partial charge in [0.1, 0.15) is 12.2 Å². The Hall–Kier alpha value is -2.70. The summed E-state index contributed by atoms with van der Waals surface area (Å²) in [4.78, 5) is 49.3. The van der Waals surface area contributed by atoms with Crippen molar-refractivity contribution in [3.05, 3.63) is 36.0 Å². The van der Waals surface area contributed by atoms with Crippen molar-refractivity contribution in [2.45, 2.75) is 65.3 Å². The molecule has 29 heavy (non-hydrogen) atoms. The average molecular weight is 404 g/mol. The van der Waals surface area contributed by atoms with Crippen LogP contribution >= 0.6 is 0 Å². The highest BCUT2D eigenvalue weighted by Crippen LogP contribution is 2.39. The zero-order chi connectivity index (χ0) is 21.9. The molecule has 0 aromatic rings. The van der Waals surface area contributed by atoms with E-state index in [1.807, 2.05) is 6.92 Å². The Morgan fingerprint density at radius 3 is 2.55 bits per heavy atom. The van der Waals surface area contributed by atoms with Gasteiger partial charge in [0.2, 0.25) is 0 Å². The lowest BCUT2D eigenvalue weighted by molar-refractivity contribution is -0.169. The molecular weight excluding hydrogens is 376 g/mol. The quantitative estimate of drug-likeness (QED) is 0.405. The molecule has 0 saturated carbocycles. The van der Waals surface area contributed by atoms with E-state index in [1.165, 1.54) is 19.9 Å². The second kappa shape index (κ2) is 8.76. The number of ether oxygens (including phenoxy) is 3. The summed E-state index contributed by atoms with van der Waals surface area (Å²) in [5.41, 5.74) is -1.01. The molecule has 2 aliphatic rings. The van der Waals surface area contributed by atoms with Gasteiger partial charge in [0.25, 0.3) is 0 Å². The molecule has 1 aliphatic carbocycles. The first-order valence-electron chi connectivity index (χ1n) is 9.64. The predicted octanol–water partition coefficient (Wildman–Crippen LogP) is 2.84. The number of ketones is 1. The van der Waals surface area contributed by atoms with E-state index in [0.29, 0.717) is 12.0 Å². The minimum atomic E-state index is -1.56. The summed E-state index contributed by atoms with van der Waals surface area (Å²) >= 11 is 0. The van der Waals surface area contributed by atoms with Crippen LogP contribution in [-0.2, 0) is 33.4 Å². The third kappa shape index (κ3) is 5.02. The number of hydrogen-bond donors (Lipinski definition) is 0. The van der Waals surface area contributed by atoms with E-state index in [4.69, 9.17) is 14.2 Å². The third-order valence-electron chi connectivity index (χ3n) is 5.40. The molecule has 1 aliphatic heterocycles. The lowest BCUT2D eigenvalue weighted by Crippen LogP contribution is -2.47. The number of fused-ring (bicyclic) bond motifs is 1. The zero-order valence-electron chi connectivity index (χ0n) is 17.5. The lowest BCUT2D eigenvalue weighted by Gasteiger charge is -2.35. The number of hydrogen-bond acceptors (Lipinski definition) is 7. The van der Waals surface area contributed by atoms with Crippen LogP contribution in [-0.4, -0.2) is 41.5 Å². The standard InChI is InChI=1S/C22H28O7/c1-7-13(3)20(25)28-17-11-22(6,29-15(5)23)18(24)9-8-12(2)10-16-19(17)14(4)21(26)27-16/h7-9,12,16-17,19H,4,10-11H2,1-3,5-6H3/b9-8+,13-7-/t12-,16-,17+,19+,22+/m1/s1. The Balaban J connectivity index is 2.54. The predicted molar refractivity (Wildman–Crippen MR) is 105 cm³/mol. The highest BCUT2D eigenvalue weighted by atomic mass is 16.6. The van der Waals surface area contributed by atoms with Crippen LogP contribution in [0.2, 0.25) is 0 Å². The molecule has 1 saturated heterocycles. The fourth-order valence-electron chi connectivity index (χ4n) is 3.66. The van der Waals surface area contributed by atoms with Crippen LogP contribution in [0.15, 0.2) is 36.0 Å². The number of esters is 3. The van der Waals surface area contributed by atoms with Crippen molar-refractivity contribution in [1.82, 2.24) is 0 Å². The van der Waals surface area contributed by atoms with Gasteiger partial charge in [-0.1, -0.05) is 25.7 Å². The lowest BCUT2D eigenvalue weighted by atomic mass is 9.79. The van der Waals surface area contributed by atoms with E-state index >= 15 is 0 Å². The summed E-state index contributed by atoms with van der Waals surface area (Å²) in [5, 5.41) is 0. The summed E-state index contributed by atoms with van der Waals surface area (Å²) in [6.45, 7) is 11.7. The van der Waals surface area contributed by atoms with Gasteiger partial charge in [-0.05, 0) is 39.2 Å². The van der Waals surface area contributed by atoms with Crippen LogP contribution in [0, 0.1) is 11.8 Å². The second-order valence-corrected chi connectivity index (χ2v) is 7.88. The summed E-state index contributed by atoms with van der Waals surface area (Å²) in [5.74, 6) is -2.94. The minimum absolute atomic E-state index is 0.0987. The molecule has 0 radical (unpaired) electrons. The topological polar surface area (TPSA) is 96.0 Å². The first kappa shape index (κ1) is 22.6. The number of carbonyl (C=O) groups is 4. The zero-order valence-corrected chi connectivity index (χ0v) is 17.5. The van der Waals surface area contributed by atoms with Gasteiger partial charge >= 0.3 is 17.9 Å². The van der Waals surface area contributed by atoms with Gasteiger partial charge in [-0.15, -0.1) is 0 Å². The van der Waals surface area contributed by atoms with Gasteiger partial charge in [0, 0.05) is 24.5 Å². The maximum atomic E-state index is 12.9. The third-order valence-corrected chi connectivity index (χ3v) is 5.40. The molecule has 0 aromatic heterocycles. The molecule has 1 heterocycles. The SMILES string of the molecule is C=C1C(=O)O[C@@H]2C[C@H](C)/C=C/C(=O)[C@@](C)(OC(C)=O)C[C@H](OC(=O)/C(C)=C\C)[C@@H]12. The molecule has 0 bridgehead atoms. The van der Waals surface area contributed by atoms with Crippen LogP contribution in [0.1, 0.15) is 47.5 Å². The van der Waals surface area contributed by atoms with Crippen molar-refractivity contribution < 1.29 is 33.4 Å². The van der Waals surface area contributed by atoms with Gasteiger partial charge in [-0.25, -0.2) is 9.59 Å². The van der Waals surface area contributed by atoms with E-state index in [1.54, 1.807) is 26.0 Å². The van der Waals surface area contributed by atoms with Crippen LogP contribution in [0.4, 0.5) is 0 Å². The maximum Gasteiger partial charge on any atom is 0.334 e. The van der Waals surface area contributed by atoms with E-state index in [-0.39, 0.29) is 17.9 Å². The summed E-state index contributed by atoms with van der Waals surface area (Å²) in [6, 6.07) is 0. The number of carbonyl (C=O) groups excluding carboxylic acids is 4. The van der Waals surface area contributed by atoms with Crippen molar-refractivity contribution in [3.8, 4) is 0 Å². The molecule has 0 amide bonds. The Bertz CT molecular complexity index is 791. The van der Waals surface area contributed by atoms with E-state index in [9.17, 15) is 19.2 Å². The van der Waals surface area contributed by atoms with E-state index in [0.717, 1.165) is 0 Å². The van der Waals surface area contributed by atoms with E-state index < -0.39 is 47.4 Å². The molecule has 0 N–H and O–H groups in total. The maximum absolute atomic E-state index is 12.9. The molecule has 1 fully saturated rings. The Kier molecular flexibility index (Phi) is 6.82. The largest absolute Gasteiger partial charge is 0.458 e. The van der Waals surface area contributed by atoms with Crippen LogP contribution in [0.25, 0.3) is 0 Å². The highest BCUT2D eigenvalue weighted by Gasteiger charge is 2.50. The van der Waals surface area contributed by atoms with E-state index in [2.05, 4.69) is 6.58 Å². The number of rotatable bonds is 3. The van der Waals surface area contributed by atoms with Crippen molar-refractivity contribution in [1.29, 1.82) is 0 Å². The summed E-state index contributed by atoms with van der Waals surface area (Å²) < 4.78 is 16.6. The van der Waals surface area contributed by atoms with Crippen LogP contribution in [0.3, 0.4) is 0 Å². The Morgan fingerprint density at radius 1 is 1.31 bits per heavy atom. The number of allylic oxidation sites excluding steroid dienone is 2. The summed E-state index contributed by atoms with van der Waals surface area (Å²) in [7, 11) is 0. The monoisotopic (exact) mass is 404 g/mol. The molecule has 0 spiro atoms. The van der Waals surface area contributed by atoms with Crippen molar-refractivity contribution >= 4 is 23.7 Å². The van der Waals surface area contributed by atoms with Crippen LogP contribution in [0.5, 0.6) is 0 Å². The highest BCUT2D eigenvalue weighted by molar-refractivity contribution is 5.98. The Labute approximate surface area is 170 Å². The van der Waals surface area contributed by atoms with Gasteiger partial charge in [-0.3, -0.25) is 9.59 Å². The van der Waals surface area contributed by atoms with Crippen molar-refractivity contribution in [3.63, 3.8) is 0 Å². The molecule has 0 unspecified atom stereocenters. The first-order valence-corrected chi connectivity index (χ1v) is 9.64. The average Bonchev–Trinajstić information content (AvgIpc) is 2.90. The molecule has 2 rings (SSSR count). The van der Waals surface area contributed by atoms with Crippen molar-refractivity contribution in [2.75, 3.05) is 0 Å². The molecule has 7 heteroatoms. The van der Waals surface area contributed by atoms with Crippen molar-refractivity contribution in [2.24, 2.45) is 11.8 Å². The molecule has 0 aromatic carbocycles. The molecule has 7 nitrogen and oxygen atoms in total. The van der Waals surface area contributed by atoms with Gasteiger partial charge in [0.15, 0.2) is 11.4 Å².